The minimum absolute atomic E-state index is 0.0729. The summed E-state index contributed by atoms with van der Waals surface area (Å²) in [6.07, 6.45) is 1.56. The molecule has 2 N–H and O–H groups in total. The van der Waals surface area contributed by atoms with Crippen molar-refractivity contribution in [2.24, 2.45) is 0 Å². The van der Waals surface area contributed by atoms with E-state index in [1.165, 1.54) is 0 Å². The number of β-amino-alcohol motifs (C(OH)–C–C–N with tert-alkyl or cyclic N) is 1. The number of nitrogens with one attached hydrogen (secondary N) is 1. The minimum atomic E-state index is -0.277. The van der Waals surface area contributed by atoms with Crippen LogP contribution in [-0.4, -0.2) is 41.0 Å². The van der Waals surface area contributed by atoms with Crippen molar-refractivity contribution in [1.29, 1.82) is 0 Å². The molecule has 17 heavy (non-hydrogen) atoms. The molecule has 0 aromatic carbocycles. The Labute approximate surface area is 101 Å². The lowest BCUT2D eigenvalue weighted by Gasteiger charge is -2.11. The Bertz CT molecular complexity index is 355. The fourth-order valence-corrected chi connectivity index (χ4v) is 1.89. The molecule has 2 heterocycles. The van der Waals surface area contributed by atoms with Crippen LogP contribution < -0.4 is 10.2 Å². The van der Waals surface area contributed by atoms with Crippen molar-refractivity contribution in [3.63, 3.8) is 0 Å². The molecule has 0 aliphatic carbocycles. The Kier molecular flexibility index (Phi) is 3.96. The van der Waals surface area contributed by atoms with E-state index in [1.807, 2.05) is 11.8 Å². The first-order valence-electron chi connectivity index (χ1n) is 6.20. The first-order valence-corrected chi connectivity index (χ1v) is 6.20. The van der Waals surface area contributed by atoms with E-state index in [-0.39, 0.29) is 12.1 Å². The number of aromatic nitrogens is 2. The molecule has 0 spiro atoms. The lowest BCUT2D eigenvalue weighted by molar-refractivity contribution is 0.198. The van der Waals surface area contributed by atoms with E-state index in [9.17, 15) is 5.11 Å². The molecular weight excluding hydrogens is 220 g/mol. The van der Waals surface area contributed by atoms with Crippen molar-refractivity contribution in [2.75, 3.05) is 24.5 Å². The monoisotopic (exact) mass is 240 g/mol. The molecule has 1 aromatic rings. The van der Waals surface area contributed by atoms with Crippen LogP contribution >= 0.6 is 0 Å². The van der Waals surface area contributed by atoms with Crippen LogP contribution in [0.1, 0.15) is 38.6 Å². The van der Waals surface area contributed by atoms with E-state index in [0.29, 0.717) is 18.5 Å². The molecule has 2 unspecified atom stereocenters. The molecule has 1 aliphatic heterocycles. The van der Waals surface area contributed by atoms with Gasteiger partial charge in [-0.1, -0.05) is 12.0 Å². The molecule has 6 heteroatoms. The van der Waals surface area contributed by atoms with Gasteiger partial charge in [-0.05, 0) is 26.3 Å². The molecule has 2 atom stereocenters. The summed E-state index contributed by atoms with van der Waals surface area (Å²) in [4.78, 5) is 1.92. The topological polar surface area (TPSA) is 74.4 Å². The highest BCUT2D eigenvalue weighted by Crippen LogP contribution is 2.21. The third-order valence-corrected chi connectivity index (χ3v) is 2.93. The highest BCUT2D eigenvalue weighted by atomic mass is 16.4. The van der Waals surface area contributed by atoms with E-state index in [0.717, 1.165) is 25.9 Å². The standard InChI is InChI=1S/C11H20N4O2/c1-3-5-12-8(2)10-13-14-11(17-10)15-6-4-9(16)7-15/h8-9,12,16H,3-7H2,1-2H3. The van der Waals surface area contributed by atoms with Gasteiger partial charge in [0.25, 0.3) is 0 Å². The van der Waals surface area contributed by atoms with Crippen LogP contribution in [0.3, 0.4) is 0 Å². The molecule has 1 fully saturated rings. The molecular formula is C11H20N4O2. The van der Waals surface area contributed by atoms with E-state index in [2.05, 4.69) is 22.4 Å². The van der Waals surface area contributed by atoms with Crippen molar-refractivity contribution >= 4 is 6.01 Å². The van der Waals surface area contributed by atoms with Crippen LogP contribution in [0.2, 0.25) is 0 Å². The zero-order valence-electron chi connectivity index (χ0n) is 10.4. The Morgan fingerprint density at radius 1 is 1.59 bits per heavy atom. The molecule has 0 saturated carbocycles. The second-order valence-corrected chi connectivity index (χ2v) is 4.49. The van der Waals surface area contributed by atoms with Gasteiger partial charge in [0.1, 0.15) is 0 Å². The van der Waals surface area contributed by atoms with E-state index in [4.69, 9.17) is 4.42 Å². The largest absolute Gasteiger partial charge is 0.406 e. The van der Waals surface area contributed by atoms with Gasteiger partial charge in [-0.15, -0.1) is 5.10 Å². The molecule has 0 radical (unpaired) electrons. The van der Waals surface area contributed by atoms with Crippen molar-refractivity contribution in [3.8, 4) is 0 Å². The number of aliphatic hydroxyl groups is 1. The molecule has 0 amide bonds. The van der Waals surface area contributed by atoms with Crippen molar-refractivity contribution in [3.05, 3.63) is 5.89 Å². The van der Waals surface area contributed by atoms with Gasteiger partial charge >= 0.3 is 6.01 Å². The second kappa shape index (κ2) is 5.46. The van der Waals surface area contributed by atoms with Crippen LogP contribution in [0.5, 0.6) is 0 Å². The minimum Gasteiger partial charge on any atom is -0.406 e. The van der Waals surface area contributed by atoms with Crippen molar-refractivity contribution in [1.82, 2.24) is 15.5 Å². The van der Waals surface area contributed by atoms with E-state index in [1.54, 1.807) is 0 Å². The summed E-state index contributed by atoms with van der Waals surface area (Å²) in [6, 6.07) is 0.588. The van der Waals surface area contributed by atoms with Gasteiger partial charge in [-0.25, -0.2) is 0 Å². The van der Waals surface area contributed by atoms with Gasteiger partial charge in [-0.3, -0.25) is 0 Å². The Hall–Kier alpha value is -1.14. The Morgan fingerprint density at radius 3 is 3.06 bits per heavy atom. The van der Waals surface area contributed by atoms with Gasteiger partial charge in [0.15, 0.2) is 0 Å². The Morgan fingerprint density at radius 2 is 2.41 bits per heavy atom. The summed E-state index contributed by atoms with van der Waals surface area (Å²) in [7, 11) is 0. The fourth-order valence-electron chi connectivity index (χ4n) is 1.89. The summed E-state index contributed by atoms with van der Waals surface area (Å²) in [6.45, 7) is 6.41. The molecule has 2 rings (SSSR count). The van der Waals surface area contributed by atoms with Gasteiger partial charge in [-0.2, -0.15) is 0 Å². The summed E-state index contributed by atoms with van der Waals surface area (Å²) < 4.78 is 5.60. The lowest BCUT2D eigenvalue weighted by atomic mass is 10.3. The van der Waals surface area contributed by atoms with Crippen molar-refractivity contribution < 1.29 is 9.52 Å². The number of rotatable bonds is 5. The maximum atomic E-state index is 9.45. The van der Waals surface area contributed by atoms with Gasteiger partial charge in [0.05, 0.1) is 12.1 Å². The predicted molar refractivity (Wildman–Crippen MR) is 63.8 cm³/mol. The first kappa shape index (κ1) is 12.3. The summed E-state index contributed by atoms with van der Waals surface area (Å²) in [5, 5.41) is 20.8. The summed E-state index contributed by atoms with van der Waals surface area (Å²) in [5.41, 5.74) is 0. The maximum Gasteiger partial charge on any atom is 0.318 e. The van der Waals surface area contributed by atoms with Crippen molar-refractivity contribution in [2.45, 2.75) is 38.8 Å². The average molecular weight is 240 g/mol. The number of aliphatic hydroxyl groups excluding tert-OH is 1. The number of hydrogen-bond donors (Lipinski definition) is 2. The number of hydrogen-bond acceptors (Lipinski definition) is 6. The lowest BCUT2D eigenvalue weighted by Crippen LogP contribution is -2.21. The molecule has 1 aromatic heterocycles. The van der Waals surface area contributed by atoms with Gasteiger partial charge < -0.3 is 19.7 Å². The molecule has 96 valence electrons. The van der Waals surface area contributed by atoms with Crippen LogP contribution in [-0.2, 0) is 0 Å². The SMILES string of the molecule is CCCNC(C)c1nnc(N2CCC(O)C2)o1. The zero-order valence-corrected chi connectivity index (χ0v) is 10.4. The average Bonchev–Trinajstić information content (AvgIpc) is 2.93. The number of nitrogens with zero attached hydrogens (tertiary/aromatic N) is 3. The third-order valence-electron chi connectivity index (χ3n) is 2.93. The van der Waals surface area contributed by atoms with Crippen LogP contribution in [0.4, 0.5) is 6.01 Å². The molecule has 1 saturated heterocycles. The van der Waals surface area contributed by atoms with Gasteiger partial charge in [0.2, 0.25) is 5.89 Å². The summed E-state index contributed by atoms with van der Waals surface area (Å²) in [5.74, 6) is 0.606. The van der Waals surface area contributed by atoms with E-state index >= 15 is 0 Å². The Balaban J connectivity index is 1.95. The molecule has 0 bridgehead atoms. The summed E-state index contributed by atoms with van der Waals surface area (Å²) >= 11 is 0. The first-order chi connectivity index (χ1) is 8.20. The molecule has 1 aliphatic rings. The smallest absolute Gasteiger partial charge is 0.318 e. The van der Waals surface area contributed by atoms with Gasteiger partial charge in [0, 0.05) is 13.1 Å². The normalized spacial score (nSPS) is 22.1. The number of anilines is 1. The van der Waals surface area contributed by atoms with Crippen LogP contribution in [0.15, 0.2) is 4.42 Å². The van der Waals surface area contributed by atoms with Crippen LogP contribution in [0.25, 0.3) is 0 Å². The third kappa shape index (κ3) is 2.95. The highest BCUT2D eigenvalue weighted by Gasteiger charge is 2.25. The zero-order chi connectivity index (χ0) is 12.3. The maximum absolute atomic E-state index is 9.45. The second-order valence-electron chi connectivity index (χ2n) is 4.49. The fraction of sp³-hybridized carbons (Fsp3) is 0.818. The predicted octanol–water partition coefficient (Wildman–Crippen LogP) is 0.701. The quantitative estimate of drug-likeness (QED) is 0.789. The van der Waals surface area contributed by atoms with E-state index < -0.39 is 0 Å². The highest BCUT2D eigenvalue weighted by molar-refractivity contribution is 5.26. The molecule has 6 nitrogen and oxygen atoms in total. The van der Waals surface area contributed by atoms with Crippen LogP contribution in [0, 0.1) is 0 Å².